The lowest BCUT2D eigenvalue weighted by atomic mass is 10.2. The molecule has 8 heteroatoms. The van der Waals surface area contributed by atoms with E-state index in [9.17, 15) is 13.6 Å². The second kappa shape index (κ2) is 7.38. The topological polar surface area (TPSA) is 68.5 Å². The lowest BCUT2D eigenvalue weighted by Crippen LogP contribution is -2.31. The van der Waals surface area contributed by atoms with Gasteiger partial charge in [0.25, 0.3) is 5.91 Å². The highest BCUT2D eigenvalue weighted by Crippen LogP contribution is 2.27. The highest BCUT2D eigenvalue weighted by atomic mass is 19.1. The van der Waals surface area contributed by atoms with Crippen LogP contribution in [0, 0.1) is 18.6 Å². The number of carbonyl (C=O) groups is 1. The molecule has 2 aromatic carbocycles. The number of hydrogen-bond donors (Lipinski definition) is 0. The second-order valence-electron chi connectivity index (χ2n) is 6.54. The molecule has 0 aliphatic carbocycles. The van der Waals surface area contributed by atoms with Crippen LogP contribution in [-0.2, 0) is 0 Å². The lowest BCUT2D eigenvalue weighted by molar-refractivity contribution is 0.0767. The first-order chi connectivity index (χ1) is 13.5. The number of rotatable bonds is 4. The van der Waals surface area contributed by atoms with Crippen LogP contribution in [0.25, 0.3) is 11.4 Å². The van der Waals surface area contributed by atoms with E-state index in [2.05, 4.69) is 10.1 Å². The van der Waals surface area contributed by atoms with Gasteiger partial charge >= 0.3 is 0 Å². The van der Waals surface area contributed by atoms with Crippen LogP contribution in [0.4, 0.5) is 8.78 Å². The van der Waals surface area contributed by atoms with E-state index < -0.39 is 17.5 Å². The molecule has 1 aromatic heterocycles. The molecule has 0 N–H and O–H groups in total. The first kappa shape index (κ1) is 18.1. The molecule has 144 valence electrons. The van der Waals surface area contributed by atoms with Gasteiger partial charge in [-0.3, -0.25) is 4.79 Å². The number of halogens is 2. The van der Waals surface area contributed by atoms with Gasteiger partial charge in [0.1, 0.15) is 11.9 Å². The van der Waals surface area contributed by atoms with Crippen molar-refractivity contribution < 1.29 is 22.8 Å². The summed E-state index contributed by atoms with van der Waals surface area (Å²) in [6, 6.07) is 10.3. The Labute approximate surface area is 159 Å². The van der Waals surface area contributed by atoms with E-state index in [0.29, 0.717) is 30.2 Å². The standard InChI is InChI=1S/C20H17F2N3O3/c1-12-23-19(24-28-12)13-6-7-18(17(22)10-13)27-14-8-9-25(11-14)20(26)15-4-2-3-5-16(15)21/h2-7,10,14H,8-9,11H2,1H3/t14-/m0/s1. The van der Waals surface area contributed by atoms with Crippen LogP contribution in [0.1, 0.15) is 22.7 Å². The van der Waals surface area contributed by atoms with Crippen molar-refractivity contribution in [1.29, 1.82) is 0 Å². The number of amides is 1. The van der Waals surface area contributed by atoms with E-state index in [4.69, 9.17) is 9.26 Å². The summed E-state index contributed by atoms with van der Waals surface area (Å²) in [6.45, 7) is 2.33. The minimum absolute atomic E-state index is 0.0223. The van der Waals surface area contributed by atoms with E-state index >= 15 is 0 Å². The average molecular weight is 385 g/mol. The quantitative estimate of drug-likeness (QED) is 0.686. The molecule has 2 heterocycles. The van der Waals surface area contributed by atoms with Gasteiger partial charge in [0, 0.05) is 25.5 Å². The summed E-state index contributed by atoms with van der Waals surface area (Å²) >= 11 is 0. The first-order valence-corrected chi connectivity index (χ1v) is 8.82. The Bertz CT molecular complexity index is 1020. The molecule has 1 atom stereocenters. The van der Waals surface area contributed by atoms with Crippen molar-refractivity contribution >= 4 is 5.91 Å². The molecule has 1 amide bonds. The Kier molecular flexibility index (Phi) is 4.77. The zero-order chi connectivity index (χ0) is 19.7. The molecule has 1 aliphatic heterocycles. The second-order valence-corrected chi connectivity index (χ2v) is 6.54. The normalized spacial score (nSPS) is 16.4. The molecule has 3 aromatic rings. The van der Waals surface area contributed by atoms with Crippen LogP contribution >= 0.6 is 0 Å². The highest BCUT2D eigenvalue weighted by molar-refractivity contribution is 5.94. The summed E-state index contributed by atoms with van der Waals surface area (Å²) in [4.78, 5) is 18.0. The van der Waals surface area contributed by atoms with Crippen molar-refractivity contribution in [3.63, 3.8) is 0 Å². The lowest BCUT2D eigenvalue weighted by Gasteiger charge is -2.18. The third-order valence-corrected chi connectivity index (χ3v) is 4.55. The number of ether oxygens (including phenoxy) is 1. The van der Waals surface area contributed by atoms with Crippen molar-refractivity contribution in [3.8, 4) is 17.1 Å². The minimum Gasteiger partial charge on any atom is -0.485 e. The molecule has 0 unspecified atom stereocenters. The average Bonchev–Trinajstić information content (AvgIpc) is 3.32. The fourth-order valence-electron chi connectivity index (χ4n) is 3.15. The molecular weight excluding hydrogens is 368 g/mol. The SMILES string of the molecule is Cc1nc(-c2ccc(O[C@H]3CCN(C(=O)c4ccccc4F)C3)c(F)c2)no1. The fourth-order valence-corrected chi connectivity index (χ4v) is 3.15. The van der Waals surface area contributed by atoms with Crippen molar-refractivity contribution in [3.05, 3.63) is 65.6 Å². The van der Waals surface area contributed by atoms with E-state index in [1.54, 1.807) is 19.1 Å². The monoisotopic (exact) mass is 385 g/mol. The number of likely N-dealkylation sites (tertiary alicyclic amines) is 1. The number of hydrogen-bond acceptors (Lipinski definition) is 5. The number of nitrogens with zero attached hydrogens (tertiary/aromatic N) is 3. The van der Waals surface area contributed by atoms with Gasteiger partial charge in [-0.1, -0.05) is 17.3 Å². The Balaban J connectivity index is 1.43. The van der Waals surface area contributed by atoms with Gasteiger partial charge in [-0.2, -0.15) is 4.98 Å². The highest BCUT2D eigenvalue weighted by Gasteiger charge is 2.30. The van der Waals surface area contributed by atoms with Gasteiger partial charge in [-0.25, -0.2) is 8.78 Å². The van der Waals surface area contributed by atoms with Crippen LogP contribution in [0.2, 0.25) is 0 Å². The van der Waals surface area contributed by atoms with Crippen molar-refractivity contribution in [2.24, 2.45) is 0 Å². The Hall–Kier alpha value is -3.29. The van der Waals surface area contributed by atoms with E-state index in [1.807, 2.05) is 0 Å². The van der Waals surface area contributed by atoms with Gasteiger partial charge in [0.2, 0.25) is 11.7 Å². The number of aryl methyl sites for hydroxylation is 1. The van der Waals surface area contributed by atoms with Crippen LogP contribution in [0.3, 0.4) is 0 Å². The summed E-state index contributed by atoms with van der Waals surface area (Å²) in [5.74, 6) is -0.748. The van der Waals surface area contributed by atoms with E-state index in [1.165, 1.54) is 35.2 Å². The minimum atomic E-state index is -0.560. The maximum atomic E-state index is 14.4. The van der Waals surface area contributed by atoms with Gasteiger partial charge in [-0.05, 0) is 30.3 Å². The smallest absolute Gasteiger partial charge is 0.256 e. The van der Waals surface area contributed by atoms with Crippen molar-refractivity contribution in [2.75, 3.05) is 13.1 Å². The maximum absolute atomic E-state index is 14.4. The molecule has 0 radical (unpaired) electrons. The largest absolute Gasteiger partial charge is 0.485 e. The third-order valence-electron chi connectivity index (χ3n) is 4.55. The Morgan fingerprint density at radius 1 is 1.21 bits per heavy atom. The Morgan fingerprint density at radius 2 is 2.04 bits per heavy atom. The van der Waals surface area contributed by atoms with Gasteiger partial charge in [0.05, 0.1) is 12.1 Å². The summed E-state index contributed by atoms with van der Waals surface area (Å²) in [5.41, 5.74) is 0.499. The summed E-state index contributed by atoms with van der Waals surface area (Å²) in [5, 5.41) is 3.76. The molecule has 1 fully saturated rings. The summed E-state index contributed by atoms with van der Waals surface area (Å²) < 4.78 is 38.9. The molecular formula is C20H17F2N3O3. The van der Waals surface area contributed by atoms with Crippen LogP contribution < -0.4 is 4.74 Å². The predicted octanol–water partition coefficient (Wildman–Crippen LogP) is 3.62. The van der Waals surface area contributed by atoms with E-state index in [0.717, 1.165) is 0 Å². The molecule has 1 aliphatic rings. The van der Waals surface area contributed by atoms with Gasteiger partial charge in [0.15, 0.2) is 11.6 Å². The predicted molar refractivity (Wildman–Crippen MR) is 95.8 cm³/mol. The maximum Gasteiger partial charge on any atom is 0.256 e. The molecule has 0 spiro atoms. The first-order valence-electron chi connectivity index (χ1n) is 8.82. The zero-order valence-corrected chi connectivity index (χ0v) is 15.1. The number of carbonyl (C=O) groups excluding carboxylic acids is 1. The van der Waals surface area contributed by atoms with E-state index in [-0.39, 0.29) is 24.0 Å². The van der Waals surface area contributed by atoms with Gasteiger partial charge < -0.3 is 14.2 Å². The Morgan fingerprint density at radius 3 is 2.75 bits per heavy atom. The number of aromatic nitrogens is 2. The zero-order valence-electron chi connectivity index (χ0n) is 15.1. The molecule has 0 bridgehead atoms. The number of benzene rings is 2. The molecule has 6 nitrogen and oxygen atoms in total. The van der Waals surface area contributed by atoms with Crippen molar-refractivity contribution in [2.45, 2.75) is 19.4 Å². The molecule has 28 heavy (non-hydrogen) atoms. The van der Waals surface area contributed by atoms with Crippen molar-refractivity contribution in [1.82, 2.24) is 15.0 Å². The summed E-state index contributed by atoms with van der Waals surface area (Å²) in [6.07, 6.45) is 0.161. The molecule has 4 rings (SSSR count). The summed E-state index contributed by atoms with van der Waals surface area (Å²) in [7, 11) is 0. The molecule has 1 saturated heterocycles. The van der Waals surface area contributed by atoms with Crippen LogP contribution in [0.15, 0.2) is 47.0 Å². The van der Waals surface area contributed by atoms with Crippen LogP contribution in [0.5, 0.6) is 5.75 Å². The molecule has 0 saturated carbocycles. The van der Waals surface area contributed by atoms with Crippen LogP contribution in [-0.4, -0.2) is 40.1 Å². The fraction of sp³-hybridized carbons (Fsp3) is 0.250. The third kappa shape index (κ3) is 3.58. The van der Waals surface area contributed by atoms with Gasteiger partial charge in [-0.15, -0.1) is 0 Å².